The quantitative estimate of drug-likeness (QED) is 0.218. The molecule has 0 bridgehead atoms. The second-order valence-corrected chi connectivity index (χ2v) is 12.6. The van der Waals surface area contributed by atoms with Crippen molar-refractivity contribution in [3.63, 3.8) is 0 Å². The summed E-state index contributed by atoms with van der Waals surface area (Å²) in [5.74, 6) is 0.547. The lowest BCUT2D eigenvalue weighted by Crippen LogP contribution is -2.42. The number of aromatic nitrogens is 4. The number of imidazole rings is 1. The number of hydrogen-bond donors (Lipinski definition) is 3. The Kier molecular flexibility index (Phi) is 10.5. The molecule has 3 N–H and O–H groups in total. The van der Waals surface area contributed by atoms with E-state index < -0.39 is 5.97 Å². The molecule has 0 unspecified atom stereocenters. The topological polar surface area (TPSA) is 144 Å². The number of rotatable bonds is 12. The molecule has 0 radical (unpaired) electrons. The smallest absolute Gasteiger partial charge is 0.414 e. The second-order valence-electron chi connectivity index (χ2n) is 12.6. The van der Waals surface area contributed by atoms with Crippen molar-refractivity contribution < 1.29 is 24.2 Å². The fourth-order valence-corrected chi connectivity index (χ4v) is 7.11. The Balaban J connectivity index is 1.11. The lowest BCUT2D eigenvalue weighted by atomic mass is 9.91. The molecule has 47 heavy (non-hydrogen) atoms. The first-order valence-corrected chi connectivity index (χ1v) is 16.8. The predicted molar refractivity (Wildman–Crippen MR) is 180 cm³/mol. The fraction of sp³-hybridized carbons (Fsp3) is 0.514. The normalized spacial score (nSPS) is 20.9. The number of ether oxygens (including phenoxy) is 2. The molecule has 2 aromatic heterocycles. The number of fused-ring (bicyclic) bond motifs is 3. The van der Waals surface area contributed by atoms with Crippen LogP contribution >= 0.6 is 0 Å². The molecule has 6 rings (SSSR count). The Labute approximate surface area is 275 Å². The third kappa shape index (κ3) is 7.49. The van der Waals surface area contributed by atoms with Gasteiger partial charge in [-0.15, -0.1) is 10.2 Å². The maximum atomic E-state index is 12.8. The number of methoxy groups -OCH3 is 1. The Morgan fingerprint density at radius 1 is 1.06 bits per heavy atom. The van der Waals surface area contributed by atoms with Crippen LogP contribution in [0.1, 0.15) is 79.8 Å². The molecule has 1 fully saturated rings. The van der Waals surface area contributed by atoms with Crippen molar-refractivity contribution in [2.45, 2.75) is 82.9 Å². The predicted octanol–water partition coefficient (Wildman–Crippen LogP) is 5.45. The van der Waals surface area contributed by atoms with Crippen LogP contribution in [-0.2, 0) is 22.3 Å². The van der Waals surface area contributed by atoms with E-state index in [2.05, 4.69) is 62.7 Å². The molecule has 1 aliphatic heterocycles. The van der Waals surface area contributed by atoms with Gasteiger partial charge in [0, 0.05) is 43.7 Å². The zero-order valence-electron chi connectivity index (χ0n) is 27.3. The first-order chi connectivity index (χ1) is 22.9. The number of carbonyl (C=O) groups is 2. The summed E-state index contributed by atoms with van der Waals surface area (Å²) < 4.78 is 14.0. The highest BCUT2D eigenvalue weighted by Crippen LogP contribution is 2.40. The number of benzene rings is 1. The van der Waals surface area contributed by atoms with E-state index >= 15 is 0 Å². The number of aryl methyl sites for hydroxylation is 1. The van der Waals surface area contributed by atoms with Gasteiger partial charge in [0.25, 0.3) is 0 Å². The van der Waals surface area contributed by atoms with E-state index in [-0.39, 0.29) is 30.0 Å². The number of allylic oxidation sites excluding steroid dienone is 4. The van der Waals surface area contributed by atoms with Gasteiger partial charge in [-0.25, -0.2) is 14.6 Å². The monoisotopic (exact) mass is 643 g/mol. The maximum Gasteiger partial charge on any atom is 0.414 e. The molecule has 0 spiro atoms. The van der Waals surface area contributed by atoms with Gasteiger partial charge < -0.3 is 29.8 Å². The zero-order chi connectivity index (χ0) is 32.8. The molecule has 250 valence electrons. The molecule has 3 atom stereocenters. The lowest BCUT2D eigenvalue weighted by Gasteiger charge is -2.34. The van der Waals surface area contributed by atoms with Crippen LogP contribution in [-0.4, -0.2) is 82.4 Å². The van der Waals surface area contributed by atoms with Crippen LogP contribution in [0.15, 0.2) is 48.1 Å². The van der Waals surface area contributed by atoms with Crippen molar-refractivity contribution in [1.82, 2.24) is 25.1 Å². The molecule has 1 amide bonds. The fourth-order valence-electron chi connectivity index (χ4n) is 7.11. The molecule has 12 heteroatoms. The Hall–Kier alpha value is -4.29. The number of hydrogen-bond acceptors (Lipinski definition) is 9. The van der Waals surface area contributed by atoms with Crippen LogP contribution in [0.25, 0.3) is 11.0 Å². The largest absolute Gasteiger partial charge is 0.476 e. The highest BCUT2D eigenvalue weighted by molar-refractivity contribution is 5.95. The van der Waals surface area contributed by atoms with Crippen LogP contribution in [0.2, 0.25) is 0 Å². The van der Waals surface area contributed by atoms with E-state index in [1.54, 1.807) is 11.0 Å². The zero-order valence-corrected chi connectivity index (χ0v) is 27.3. The number of carboxylic acid groups (broad SMARTS) is 1. The molecular formula is C35H45N7O5. The van der Waals surface area contributed by atoms with Gasteiger partial charge in [-0.3, -0.25) is 4.90 Å². The summed E-state index contributed by atoms with van der Waals surface area (Å²) in [7, 11) is 1.44. The molecule has 1 saturated carbocycles. The lowest BCUT2D eigenvalue weighted by molar-refractivity contribution is 0.0171. The van der Waals surface area contributed by atoms with E-state index in [1.165, 1.54) is 18.7 Å². The summed E-state index contributed by atoms with van der Waals surface area (Å²) in [5.41, 5.74) is 5.53. The average molecular weight is 644 g/mol. The van der Waals surface area contributed by atoms with Crippen LogP contribution < -0.4 is 15.5 Å². The van der Waals surface area contributed by atoms with Crippen molar-refractivity contribution in [1.29, 1.82) is 0 Å². The van der Waals surface area contributed by atoms with E-state index in [1.807, 2.05) is 0 Å². The van der Waals surface area contributed by atoms with Crippen molar-refractivity contribution in [3.05, 3.63) is 65.1 Å². The molecule has 3 aliphatic rings. The van der Waals surface area contributed by atoms with Crippen molar-refractivity contribution in [2.75, 3.05) is 43.6 Å². The molecule has 2 aliphatic carbocycles. The highest BCUT2D eigenvalue weighted by Gasteiger charge is 2.33. The standard InChI is InChI=1S/C35H45N7O5/c1-23-11-12-27-29(41(23)35(45)46-2)14-15-30-33(27)38-32(21-24-7-4-3-5-8-24)42(30)25-9-6-10-26(22-25)47-20-19-36-17-18-37-31-16-13-28(34(43)44)39-40-31/h3-4,7,13-16,23,25-26,36H,5-6,8-12,17-22H2,1-2H3,(H,37,40)(H,43,44)/t23-,25+,26-/m0/s1. The summed E-state index contributed by atoms with van der Waals surface area (Å²) >= 11 is 0. The first kappa shape index (κ1) is 32.6. The molecule has 1 aromatic carbocycles. The number of anilines is 2. The number of aromatic carboxylic acids is 1. The van der Waals surface area contributed by atoms with Crippen molar-refractivity contribution in [3.8, 4) is 0 Å². The third-order valence-electron chi connectivity index (χ3n) is 9.47. The van der Waals surface area contributed by atoms with E-state index in [4.69, 9.17) is 19.6 Å². The van der Waals surface area contributed by atoms with Crippen LogP contribution in [0.3, 0.4) is 0 Å². The Bertz CT molecular complexity index is 1630. The number of nitrogens with zero attached hydrogens (tertiary/aromatic N) is 5. The van der Waals surface area contributed by atoms with Crippen molar-refractivity contribution >= 4 is 34.6 Å². The highest BCUT2D eigenvalue weighted by atomic mass is 16.5. The second kappa shape index (κ2) is 15.1. The average Bonchev–Trinajstić information content (AvgIpc) is 3.46. The minimum Gasteiger partial charge on any atom is -0.476 e. The van der Waals surface area contributed by atoms with Gasteiger partial charge in [-0.2, -0.15) is 0 Å². The molecule has 0 saturated heterocycles. The summed E-state index contributed by atoms with van der Waals surface area (Å²) in [4.78, 5) is 30.8. The van der Waals surface area contributed by atoms with Crippen LogP contribution in [0, 0.1) is 0 Å². The first-order valence-electron chi connectivity index (χ1n) is 16.8. The van der Waals surface area contributed by atoms with Gasteiger partial charge in [0.15, 0.2) is 5.69 Å². The van der Waals surface area contributed by atoms with Gasteiger partial charge in [-0.1, -0.05) is 23.8 Å². The van der Waals surface area contributed by atoms with E-state index in [0.29, 0.717) is 25.5 Å². The molecule has 3 heterocycles. The van der Waals surface area contributed by atoms with Gasteiger partial charge in [0.05, 0.1) is 36.5 Å². The number of nitrogens with one attached hydrogen (secondary N) is 2. The number of amides is 1. The summed E-state index contributed by atoms with van der Waals surface area (Å²) in [6.45, 7) is 4.77. The number of carbonyl (C=O) groups excluding carboxylic acids is 1. The third-order valence-corrected chi connectivity index (χ3v) is 9.47. The minimum atomic E-state index is -1.09. The summed E-state index contributed by atoms with van der Waals surface area (Å²) in [6, 6.07) is 7.65. The van der Waals surface area contributed by atoms with E-state index in [9.17, 15) is 9.59 Å². The van der Waals surface area contributed by atoms with Crippen LogP contribution in [0.4, 0.5) is 16.3 Å². The Morgan fingerprint density at radius 2 is 1.96 bits per heavy atom. The molecule has 12 nitrogen and oxygen atoms in total. The molecule has 3 aromatic rings. The van der Waals surface area contributed by atoms with Gasteiger partial charge in [0.2, 0.25) is 0 Å². The van der Waals surface area contributed by atoms with Gasteiger partial charge >= 0.3 is 12.1 Å². The van der Waals surface area contributed by atoms with Crippen molar-refractivity contribution in [2.24, 2.45) is 0 Å². The Morgan fingerprint density at radius 3 is 2.72 bits per heavy atom. The molecular weight excluding hydrogens is 598 g/mol. The van der Waals surface area contributed by atoms with Crippen LogP contribution in [0.5, 0.6) is 0 Å². The van der Waals surface area contributed by atoms with Gasteiger partial charge in [-0.05, 0) is 82.6 Å². The summed E-state index contributed by atoms with van der Waals surface area (Å²) in [5, 5.41) is 23.1. The summed E-state index contributed by atoms with van der Waals surface area (Å²) in [6.07, 6.45) is 15.3. The van der Waals surface area contributed by atoms with E-state index in [0.717, 1.165) is 92.4 Å². The number of carboxylic acids is 1. The SMILES string of the molecule is COC(=O)N1c2ccc3c(nc(CC4=CC=CCC4)n3[C@@H]3CCC[C@H](OCCNCCNc4ccc(C(=O)O)nn4)C3)c2CC[C@@H]1C. The van der Waals surface area contributed by atoms with Gasteiger partial charge in [0.1, 0.15) is 11.6 Å². The minimum absolute atomic E-state index is 0.0716. The maximum absolute atomic E-state index is 12.8.